The van der Waals surface area contributed by atoms with Crippen LogP contribution in [0.15, 0.2) is 6.07 Å². The number of rotatable bonds is 0. The second kappa shape index (κ2) is 3.69. The van der Waals surface area contributed by atoms with Gasteiger partial charge in [-0.05, 0) is 0 Å². The molecular weight excluding hydrogens is 395 g/mol. The number of phenolic OH excluding ortho intramolecular Hbond substituents is 1. The normalized spacial score (nSPS) is 10.3. The fourth-order valence-corrected chi connectivity index (χ4v) is 2.75. The fourth-order valence-electron chi connectivity index (χ4n) is 0.620. The Morgan fingerprint density at radius 2 is 1.73 bits per heavy atom. The van der Waals surface area contributed by atoms with Gasteiger partial charge in [0.05, 0.1) is 0 Å². The van der Waals surface area contributed by atoms with Crippen LogP contribution >= 0.6 is 34.8 Å². The standard InChI is InChI=1S/C6H2Cl3O.Hg/c7-4-1-3(10)2-5(8)6(4)9;/h1,10H;. The molecule has 1 nitrogen and oxygen atoms in total. The summed E-state index contributed by atoms with van der Waals surface area (Å²) >= 11 is 17.4. The summed E-state index contributed by atoms with van der Waals surface area (Å²) in [6.45, 7) is 0. The minimum atomic E-state index is 0.146. The zero-order valence-corrected chi connectivity index (χ0v) is 13.1. The van der Waals surface area contributed by atoms with Crippen LogP contribution in [0.3, 0.4) is 0 Å². The first-order chi connectivity index (χ1) is 5.04. The van der Waals surface area contributed by atoms with Crippen LogP contribution in [0.5, 0.6) is 5.75 Å². The molecule has 0 radical (unpaired) electrons. The Balaban J connectivity index is 3.46. The summed E-state index contributed by atoms with van der Waals surface area (Å²) in [4.78, 5) is 0. The van der Waals surface area contributed by atoms with Gasteiger partial charge in [-0.25, -0.2) is 0 Å². The molecule has 0 aliphatic carbocycles. The van der Waals surface area contributed by atoms with Crippen LogP contribution in [0.2, 0.25) is 15.1 Å². The van der Waals surface area contributed by atoms with Gasteiger partial charge < -0.3 is 0 Å². The average molecular weight is 397 g/mol. The molecule has 0 bridgehead atoms. The number of benzene rings is 1. The van der Waals surface area contributed by atoms with Crippen LogP contribution in [0.1, 0.15) is 0 Å². The Kier molecular flexibility index (Phi) is 3.33. The number of halogens is 3. The van der Waals surface area contributed by atoms with E-state index in [1.54, 1.807) is 0 Å². The van der Waals surface area contributed by atoms with E-state index in [9.17, 15) is 5.11 Å². The maximum absolute atomic E-state index is 9.23. The van der Waals surface area contributed by atoms with Crippen LogP contribution in [0.25, 0.3) is 0 Å². The topological polar surface area (TPSA) is 20.2 Å². The van der Waals surface area contributed by atoms with Gasteiger partial charge in [0.25, 0.3) is 0 Å². The molecule has 0 saturated carbocycles. The molecule has 1 aromatic rings. The summed E-state index contributed by atoms with van der Waals surface area (Å²) in [5.41, 5.74) is 0. The SMILES string of the molecule is Oc1cc(Cl)c(Cl)c(Cl)[c]1[Hg]. The van der Waals surface area contributed by atoms with Crippen LogP contribution < -0.4 is 3.07 Å². The van der Waals surface area contributed by atoms with E-state index in [1.807, 2.05) is 0 Å². The van der Waals surface area contributed by atoms with Gasteiger partial charge in [-0.2, -0.15) is 0 Å². The van der Waals surface area contributed by atoms with Gasteiger partial charge in [-0.3, -0.25) is 0 Å². The Labute approximate surface area is 95.2 Å². The maximum atomic E-state index is 9.23. The molecule has 5 heteroatoms. The van der Waals surface area contributed by atoms with Gasteiger partial charge in [0.15, 0.2) is 0 Å². The summed E-state index contributed by atoms with van der Waals surface area (Å²) in [5.74, 6) is 0.146. The summed E-state index contributed by atoms with van der Waals surface area (Å²) < 4.78 is 0.737. The first-order valence-corrected chi connectivity index (χ1v) is 6.60. The predicted molar refractivity (Wildman–Crippen MR) is 42.8 cm³/mol. The van der Waals surface area contributed by atoms with Gasteiger partial charge in [0.1, 0.15) is 0 Å². The third-order valence-corrected chi connectivity index (χ3v) is 6.20. The summed E-state index contributed by atoms with van der Waals surface area (Å²) in [6, 6.07) is 1.41. The quantitative estimate of drug-likeness (QED) is 0.527. The van der Waals surface area contributed by atoms with E-state index >= 15 is 0 Å². The van der Waals surface area contributed by atoms with E-state index in [1.165, 1.54) is 6.07 Å². The molecule has 0 unspecified atom stereocenters. The molecule has 55 valence electrons. The van der Waals surface area contributed by atoms with Crippen LogP contribution in [0.4, 0.5) is 0 Å². The Morgan fingerprint density at radius 3 is 2.27 bits per heavy atom. The average Bonchev–Trinajstić information content (AvgIpc) is 1.97. The Bertz CT molecular complexity index is 274. The van der Waals surface area contributed by atoms with Crippen LogP contribution in [-0.4, -0.2) is 5.11 Å². The van der Waals surface area contributed by atoms with E-state index < -0.39 is 0 Å². The Morgan fingerprint density at radius 1 is 1.18 bits per heavy atom. The predicted octanol–water partition coefficient (Wildman–Crippen LogP) is 2.52. The molecular formula is C6H2Cl3HgO. The van der Waals surface area contributed by atoms with E-state index in [-0.39, 0.29) is 31.9 Å². The van der Waals surface area contributed by atoms with Crippen molar-refractivity contribution in [2.75, 3.05) is 0 Å². The fraction of sp³-hybridized carbons (Fsp3) is 0. The van der Waals surface area contributed by atoms with Crippen molar-refractivity contribution in [1.82, 2.24) is 0 Å². The van der Waals surface area contributed by atoms with Crippen molar-refractivity contribution in [3.8, 4) is 5.75 Å². The molecule has 0 fully saturated rings. The molecule has 0 aliphatic heterocycles. The van der Waals surface area contributed by atoms with Crippen molar-refractivity contribution in [3.05, 3.63) is 21.1 Å². The number of phenols is 1. The summed E-state index contributed by atoms with van der Waals surface area (Å²) in [5, 5.41) is 10.2. The van der Waals surface area contributed by atoms with Crippen molar-refractivity contribution < 1.29 is 31.2 Å². The summed E-state index contributed by atoms with van der Waals surface area (Å²) in [7, 11) is 0. The van der Waals surface area contributed by atoms with Gasteiger partial charge in [-0.1, -0.05) is 0 Å². The van der Waals surface area contributed by atoms with E-state index in [2.05, 4.69) is 0 Å². The zero-order valence-electron chi connectivity index (χ0n) is 5.37. The van der Waals surface area contributed by atoms with Gasteiger partial charge >= 0.3 is 96.0 Å². The molecule has 0 amide bonds. The van der Waals surface area contributed by atoms with E-state index in [4.69, 9.17) is 34.8 Å². The molecule has 0 heterocycles. The first kappa shape index (κ1) is 9.91. The van der Waals surface area contributed by atoms with E-state index in [0.29, 0.717) is 15.1 Å². The molecule has 0 aliphatic rings. The molecule has 0 aromatic heterocycles. The molecule has 0 atom stereocenters. The van der Waals surface area contributed by atoms with Crippen molar-refractivity contribution >= 4 is 37.9 Å². The van der Waals surface area contributed by atoms with Crippen molar-refractivity contribution in [2.45, 2.75) is 0 Å². The van der Waals surface area contributed by atoms with Crippen LogP contribution in [-0.2, 0) is 26.1 Å². The van der Waals surface area contributed by atoms with Gasteiger partial charge in [0, 0.05) is 0 Å². The van der Waals surface area contributed by atoms with Gasteiger partial charge in [-0.15, -0.1) is 0 Å². The second-order valence-electron chi connectivity index (χ2n) is 1.98. The summed E-state index contributed by atoms with van der Waals surface area (Å²) in [6.07, 6.45) is 0. The zero-order chi connectivity index (χ0) is 8.59. The second-order valence-corrected chi connectivity index (χ2v) is 5.90. The number of aromatic hydroxyl groups is 1. The molecule has 1 N–H and O–H groups in total. The molecule has 0 spiro atoms. The minimum absolute atomic E-state index is 0.146. The van der Waals surface area contributed by atoms with Crippen molar-refractivity contribution in [1.29, 1.82) is 0 Å². The third-order valence-electron chi connectivity index (χ3n) is 1.24. The molecule has 1 aromatic carbocycles. The van der Waals surface area contributed by atoms with Gasteiger partial charge in [0.2, 0.25) is 0 Å². The number of hydrogen-bond donors (Lipinski definition) is 1. The Hall–Kier alpha value is 0.825. The van der Waals surface area contributed by atoms with Crippen molar-refractivity contribution in [3.63, 3.8) is 0 Å². The van der Waals surface area contributed by atoms with Crippen LogP contribution in [0, 0.1) is 0 Å². The molecule has 0 saturated heterocycles. The molecule has 1 rings (SSSR count). The van der Waals surface area contributed by atoms with Crippen molar-refractivity contribution in [2.24, 2.45) is 0 Å². The number of hydrogen-bond acceptors (Lipinski definition) is 1. The first-order valence-electron chi connectivity index (χ1n) is 2.72. The molecule has 11 heavy (non-hydrogen) atoms. The monoisotopic (exact) mass is 397 g/mol. The van der Waals surface area contributed by atoms with E-state index in [0.717, 1.165) is 3.07 Å². The third kappa shape index (κ3) is 1.94.